The minimum Gasteiger partial charge on any atom is -0.378 e. The van der Waals surface area contributed by atoms with Crippen molar-refractivity contribution in [2.45, 2.75) is 39.7 Å². The highest BCUT2D eigenvalue weighted by atomic mass is 16.5. The lowest BCUT2D eigenvalue weighted by molar-refractivity contribution is -0.00795. The smallest absolute Gasteiger partial charge is 0.0549 e. The average molecular weight is 142 g/mol. The predicted octanol–water partition coefficient (Wildman–Crippen LogP) is 2.46. The zero-order chi connectivity index (χ0) is 7.56. The van der Waals surface area contributed by atoms with Crippen LogP contribution in [-0.4, -0.2) is 12.7 Å². The van der Waals surface area contributed by atoms with E-state index in [9.17, 15) is 0 Å². The van der Waals surface area contributed by atoms with Gasteiger partial charge in [-0.25, -0.2) is 0 Å². The first-order valence-corrected chi connectivity index (χ1v) is 4.31. The van der Waals surface area contributed by atoms with Gasteiger partial charge in [-0.1, -0.05) is 13.8 Å². The Labute approximate surface area is 63.8 Å². The average Bonchev–Trinajstić information content (AvgIpc) is 1.88. The summed E-state index contributed by atoms with van der Waals surface area (Å²) in [6.45, 7) is 7.77. The van der Waals surface area contributed by atoms with Gasteiger partial charge in [-0.05, 0) is 31.6 Å². The Morgan fingerprint density at radius 3 is 2.50 bits per heavy atom. The van der Waals surface area contributed by atoms with E-state index in [4.69, 9.17) is 4.74 Å². The van der Waals surface area contributed by atoms with Crippen molar-refractivity contribution in [3.8, 4) is 0 Å². The molecule has 0 saturated carbocycles. The zero-order valence-electron chi connectivity index (χ0n) is 7.26. The Bertz CT molecular complexity index is 98.9. The second-order valence-electron chi connectivity index (χ2n) is 3.71. The van der Waals surface area contributed by atoms with E-state index in [1.807, 2.05) is 0 Å². The van der Waals surface area contributed by atoms with Gasteiger partial charge in [0.2, 0.25) is 0 Å². The molecule has 0 aromatic rings. The summed E-state index contributed by atoms with van der Waals surface area (Å²) >= 11 is 0. The third-order valence-corrected chi connectivity index (χ3v) is 2.47. The van der Waals surface area contributed by atoms with Gasteiger partial charge in [-0.15, -0.1) is 0 Å². The van der Waals surface area contributed by atoms with Crippen LogP contribution in [0.25, 0.3) is 0 Å². The molecule has 60 valence electrons. The van der Waals surface area contributed by atoms with Crippen molar-refractivity contribution in [2.24, 2.45) is 11.8 Å². The van der Waals surface area contributed by atoms with Crippen LogP contribution in [0.2, 0.25) is 0 Å². The van der Waals surface area contributed by atoms with E-state index < -0.39 is 0 Å². The van der Waals surface area contributed by atoms with Crippen molar-refractivity contribution >= 4 is 0 Å². The SMILES string of the molecule is CC(C)[C@@H]1CCO[C@@H](C)C1. The summed E-state index contributed by atoms with van der Waals surface area (Å²) in [4.78, 5) is 0. The molecule has 0 N–H and O–H groups in total. The van der Waals surface area contributed by atoms with E-state index in [1.54, 1.807) is 0 Å². The van der Waals surface area contributed by atoms with Crippen LogP contribution in [0.4, 0.5) is 0 Å². The van der Waals surface area contributed by atoms with Gasteiger partial charge in [0.15, 0.2) is 0 Å². The quantitative estimate of drug-likeness (QED) is 0.546. The fraction of sp³-hybridized carbons (Fsp3) is 1.00. The van der Waals surface area contributed by atoms with Gasteiger partial charge in [0, 0.05) is 6.61 Å². The Hall–Kier alpha value is -0.0400. The Balaban J connectivity index is 2.32. The molecular weight excluding hydrogens is 124 g/mol. The van der Waals surface area contributed by atoms with Gasteiger partial charge in [-0.3, -0.25) is 0 Å². The van der Waals surface area contributed by atoms with E-state index in [0.29, 0.717) is 6.10 Å². The standard InChI is InChI=1S/C9H18O/c1-7(2)9-4-5-10-8(3)6-9/h7-9H,4-6H2,1-3H3/t8-,9+/m0/s1. The van der Waals surface area contributed by atoms with Gasteiger partial charge in [-0.2, -0.15) is 0 Å². The van der Waals surface area contributed by atoms with Crippen LogP contribution in [-0.2, 0) is 4.74 Å². The van der Waals surface area contributed by atoms with Crippen LogP contribution in [0.15, 0.2) is 0 Å². The molecule has 1 heteroatoms. The monoisotopic (exact) mass is 142 g/mol. The fourth-order valence-electron chi connectivity index (χ4n) is 1.64. The first-order chi connectivity index (χ1) is 4.70. The summed E-state index contributed by atoms with van der Waals surface area (Å²) in [7, 11) is 0. The van der Waals surface area contributed by atoms with Crippen LogP contribution in [0.5, 0.6) is 0 Å². The predicted molar refractivity (Wildman–Crippen MR) is 43.0 cm³/mol. The Morgan fingerprint density at radius 2 is 2.10 bits per heavy atom. The molecule has 0 amide bonds. The van der Waals surface area contributed by atoms with Crippen molar-refractivity contribution < 1.29 is 4.74 Å². The molecule has 1 heterocycles. The van der Waals surface area contributed by atoms with Crippen molar-refractivity contribution in [1.29, 1.82) is 0 Å². The second-order valence-corrected chi connectivity index (χ2v) is 3.71. The molecule has 0 unspecified atom stereocenters. The van der Waals surface area contributed by atoms with Gasteiger partial charge in [0.05, 0.1) is 6.10 Å². The molecule has 0 aliphatic carbocycles. The molecule has 0 aromatic heterocycles. The highest BCUT2D eigenvalue weighted by Crippen LogP contribution is 2.26. The normalized spacial score (nSPS) is 34.8. The summed E-state index contributed by atoms with van der Waals surface area (Å²) in [5.41, 5.74) is 0. The summed E-state index contributed by atoms with van der Waals surface area (Å²) in [5, 5.41) is 0. The van der Waals surface area contributed by atoms with Gasteiger partial charge in [0.1, 0.15) is 0 Å². The molecule has 1 aliphatic rings. The minimum absolute atomic E-state index is 0.501. The maximum absolute atomic E-state index is 5.46. The first-order valence-electron chi connectivity index (χ1n) is 4.31. The highest BCUT2D eigenvalue weighted by molar-refractivity contribution is 4.70. The topological polar surface area (TPSA) is 9.23 Å². The van der Waals surface area contributed by atoms with E-state index in [1.165, 1.54) is 12.8 Å². The van der Waals surface area contributed by atoms with E-state index in [0.717, 1.165) is 18.4 Å². The minimum atomic E-state index is 0.501. The van der Waals surface area contributed by atoms with Crippen LogP contribution < -0.4 is 0 Å². The molecule has 1 aliphatic heterocycles. The van der Waals surface area contributed by atoms with Crippen molar-refractivity contribution in [1.82, 2.24) is 0 Å². The molecule has 1 rings (SSSR count). The third kappa shape index (κ3) is 1.98. The summed E-state index contributed by atoms with van der Waals surface area (Å²) in [6, 6.07) is 0. The Morgan fingerprint density at radius 1 is 1.40 bits per heavy atom. The van der Waals surface area contributed by atoms with Crippen molar-refractivity contribution in [2.75, 3.05) is 6.61 Å². The number of ether oxygens (including phenoxy) is 1. The lowest BCUT2D eigenvalue weighted by Crippen LogP contribution is -2.25. The summed E-state index contributed by atoms with van der Waals surface area (Å²) < 4.78 is 5.46. The van der Waals surface area contributed by atoms with E-state index >= 15 is 0 Å². The molecule has 0 aromatic carbocycles. The zero-order valence-corrected chi connectivity index (χ0v) is 7.26. The van der Waals surface area contributed by atoms with E-state index in [2.05, 4.69) is 20.8 Å². The maximum atomic E-state index is 5.46. The van der Waals surface area contributed by atoms with Gasteiger partial charge < -0.3 is 4.74 Å². The van der Waals surface area contributed by atoms with Crippen LogP contribution in [0.3, 0.4) is 0 Å². The number of hydrogen-bond acceptors (Lipinski definition) is 1. The Kier molecular flexibility index (Phi) is 2.72. The highest BCUT2D eigenvalue weighted by Gasteiger charge is 2.21. The van der Waals surface area contributed by atoms with Crippen LogP contribution >= 0.6 is 0 Å². The summed E-state index contributed by atoms with van der Waals surface area (Å²) in [5.74, 6) is 1.75. The van der Waals surface area contributed by atoms with Gasteiger partial charge >= 0.3 is 0 Å². The van der Waals surface area contributed by atoms with Crippen molar-refractivity contribution in [3.05, 3.63) is 0 Å². The largest absolute Gasteiger partial charge is 0.378 e. The summed E-state index contributed by atoms with van der Waals surface area (Å²) in [6.07, 6.45) is 3.03. The number of hydrogen-bond donors (Lipinski definition) is 0. The molecule has 0 bridgehead atoms. The molecule has 0 spiro atoms. The molecule has 2 atom stereocenters. The molecule has 10 heavy (non-hydrogen) atoms. The molecule has 1 fully saturated rings. The van der Waals surface area contributed by atoms with Crippen molar-refractivity contribution in [3.63, 3.8) is 0 Å². The molecule has 0 radical (unpaired) electrons. The lowest BCUT2D eigenvalue weighted by atomic mass is 9.86. The molecule has 1 saturated heterocycles. The maximum Gasteiger partial charge on any atom is 0.0549 e. The fourth-order valence-corrected chi connectivity index (χ4v) is 1.64. The molecule has 1 nitrogen and oxygen atoms in total. The lowest BCUT2D eigenvalue weighted by Gasteiger charge is -2.29. The van der Waals surface area contributed by atoms with E-state index in [-0.39, 0.29) is 0 Å². The molecular formula is C9H18O. The second kappa shape index (κ2) is 3.38. The van der Waals surface area contributed by atoms with Crippen LogP contribution in [0.1, 0.15) is 33.6 Å². The van der Waals surface area contributed by atoms with Crippen LogP contribution in [0, 0.1) is 11.8 Å². The number of rotatable bonds is 1. The first kappa shape index (κ1) is 8.06. The van der Waals surface area contributed by atoms with Gasteiger partial charge in [0.25, 0.3) is 0 Å². The third-order valence-electron chi connectivity index (χ3n) is 2.47.